The molecule has 2 aromatic carbocycles. The number of hydrogen-bond acceptors (Lipinski definition) is 2. The first-order valence-electron chi connectivity index (χ1n) is 5.96. The lowest BCUT2D eigenvalue weighted by Gasteiger charge is -2.16. The van der Waals surface area contributed by atoms with Crippen LogP contribution in [-0.2, 0) is 4.65 Å². The highest BCUT2D eigenvalue weighted by Crippen LogP contribution is 2.29. The van der Waals surface area contributed by atoms with E-state index in [1.807, 2.05) is 48.5 Å². The SMILES string of the molecule is NC(B1OC(F)c2ccccc21)c1ccccc1. The Bertz CT molecular complexity index is 549. The first-order valence-corrected chi connectivity index (χ1v) is 5.96. The minimum atomic E-state index is -1.37. The number of rotatable bonds is 2. The van der Waals surface area contributed by atoms with Crippen molar-refractivity contribution in [3.63, 3.8) is 0 Å². The molecule has 1 heterocycles. The molecule has 0 fully saturated rings. The molecule has 2 N–H and O–H groups in total. The first-order chi connectivity index (χ1) is 8.77. The van der Waals surface area contributed by atoms with Gasteiger partial charge in [0.15, 0.2) is 0 Å². The zero-order valence-corrected chi connectivity index (χ0v) is 9.79. The van der Waals surface area contributed by atoms with Crippen LogP contribution in [0.1, 0.15) is 23.4 Å². The van der Waals surface area contributed by atoms with Crippen LogP contribution in [0.25, 0.3) is 0 Å². The van der Waals surface area contributed by atoms with Gasteiger partial charge in [0, 0.05) is 11.5 Å². The predicted octanol–water partition coefficient (Wildman–Crippen LogP) is 2.12. The fourth-order valence-electron chi connectivity index (χ4n) is 2.38. The highest BCUT2D eigenvalue weighted by molar-refractivity contribution is 6.70. The minimum Gasteiger partial charge on any atom is -0.398 e. The zero-order chi connectivity index (χ0) is 12.5. The van der Waals surface area contributed by atoms with Gasteiger partial charge in [0.25, 0.3) is 0 Å². The third-order valence-electron chi connectivity index (χ3n) is 3.32. The summed E-state index contributed by atoms with van der Waals surface area (Å²) in [6.07, 6.45) is -1.37. The topological polar surface area (TPSA) is 35.2 Å². The molecule has 3 rings (SSSR count). The molecule has 4 heteroatoms. The van der Waals surface area contributed by atoms with Crippen molar-refractivity contribution in [2.75, 3.05) is 0 Å². The average Bonchev–Trinajstić information content (AvgIpc) is 2.77. The maximum Gasteiger partial charge on any atom is 0.352 e. The second-order valence-corrected chi connectivity index (χ2v) is 4.44. The van der Waals surface area contributed by atoms with Crippen molar-refractivity contribution in [3.05, 3.63) is 65.7 Å². The van der Waals surface area contributed by atoms with Crippen LogP contribution in [0.5, 0.6) is 0 Å². The Morgan fingerprint density at radius 1 is 1.06 bits per heavy atom. The summed E-state index contributed by atoms with van der Waals surface area (Å²) in [6.45, 7) is -0.418. The maximum atomic E-state index is 13.8. The van der Waals surface area contributed by atoms with Crippen LogP contribution in [0, 0.1) is 0 Å². The van der Waals surface area contributed by atoms with E-state index < -0.39 is 13.3 Å². The Hall–Kier alpha value is -1.65. The molecular weight excluding hydrogens is 228 g/mol. The standard InChI is InChI=1S/C14H13BFNO/c16-14-11-8-4-5-9-12(11)15(18-14)13(17)10-6-2-1-3-7-10/h1-9,13-14H,17H2. The molecule has 0 bridgehead atoms. The fourth-order valence-corrected chi connectivity index (χ4v) is 2.38. The van der Waals surface area contributed by atoms with Crippen LogP contribution >= 0.6 is 0 Å². The molecule has 18 heavy (non-hydrogen) atoms. The molecule has 0 saturated carbocycles. The summed E-state index contributed by atoms with van der Waals surface area (Å²) in [5.41, 5.74) is 8.58. The lowest BCUT2D eigenvalue weighted by molar-refractivity contribution is 0.0758. The van der Waals surface area contributed by atoms with Crippen molar-refractivity contribution < 1.29 is 9.04 Å². The normalized spacial score (nSPS) is 19.7. The molecule has 90 valence electrons. The quantitative estimate of drug-likeness (QED) is 0.817. The van der Waals surface area contributed by atoms with Crippen molar-refractivity contribution >= 4 is 12.4 Å². The smallest absolute Gasteiger partial charge is 0.352 e. The van der Waals surface area contributed by atoms with Gasteiger partial charge in [-0.3, -0.25) is 0 Å². The van der Waals surface area contributed by atoms with Crippen molar-refractivity contribution in [3.8, 4) is 0 Å². The van der Waals surface area contributed by atoms with Gasteiger partial charge in [-0.1, -0.05) is 54.6 Å². The van der Waals surface area contributed by atoms with E-state index in [0.717, 1.165) is 11.0 Å². The van der Waals surface area contributed by atoms with E-state index in [1.165, 1.54) is 0 Å². The molecule has 1 aliphatic rings. The molecule has 2 nitrogen and oxygen atoms in total. The number of hydrogen-bond donors (Lipinski definition) is 1. The third kappa shape index (κ3) is 1.83. The summed E-state index contributed by atoms with van der Waals surface area (Å²) in [5.74, 6) is -0.354. The second kappa shape index (κ2) is 4.56. The summed E-state index contributed by atoms with van der Waals surface area (Å²) in [4.78, 5) is 0. The van der Waals surface area contributed by atoms with Crippen molar-refractivity contribution in [2.45, 2.75) is 12.3 Å². The maximum absolute atomic E-state index is 13.8. The van der Waals surface area contributed by atoms with Gasteiger partial charge in [-0.05, 0) is 11.0 Å². The van der Waals surface area contributed by atoms with Crippen molar-refractivity contribution in [2.24, 2.45) is 5.73 Å². The van der Waals surface area contributed by atoms with Gasteiger partial charge in [-0.2, -0.15) is 0 Å². The predicted molar refractivity (Wildman–Crippen MR) is 70.1 cm³/mol. The van der Waals surface area contributed by atoms with Crippen LogP contribution < -0.4 is 11.2 Å². The van der Waals surface area contributed by atoms with Gasteiger partial charge in [0.1, 0.15) is 0 Å². The van der Waals surface area contributed by atoms with Crippen LogP contribution in [0.2, 0.25) is 0 Å². The van der Waals surface area contributed by atoms with Gasteiger partial charge in [-0.15, -0.1) is 0 Å². The number of alkyl halides is 1. The summed E-state index contributed by atoms with van der Waals surface area (Å²) in [6, 6.07) is 16.9. The van der Waals surface area contributed by atoms with E-state index in [1.54, 1.807) is 6.07 Å². The molecule has 0 spiro atoms. The summed E-state index contributed by atoms with van der Waals surface area (Å²) < 4.78 is 19.1. The lowest BCUT2D eigenvalue weighted by Crippen LogP contribution is -2.40. The highest BCUT2D eigenvalue weighted by Gasteiger charge is 2.39. The number of nitrogens with two attached hydrogens (primary N) is 1. The summed E-state index contributed by atoms with van der Waals surface area (Å²) in [7, 11) is 0. The first kappa shape index (κ1) is 11.4. The molecule has 1 aliphatic heterocycles. The lowest BCUT2D eigenvalue weighted by atomic mass is 9.53. The van der Waals surface area contributed by atoms with Crippen LogP contribution in [0.15, 0.2) is 54.6 Å². The molecule has 0 radical (unpaired) electrons. The van der Waals surface area contributed by atoms with E-state index >= 15 is 0 Å². The average molecular weight is 241 g/mol. The molecule has 0 saturated heterocycles. The van der Waals surface area contributed by atoms with E-state index in [0.29, 0.717) is 5.56 Å². The molecule has 0 aromatic heterocycles. The van der Waals surface area contributed by atoms with Gasteiger partial charge in [-0.25, -0.2) is 4.39 Å². The van der Waals surface area contributed by atoms with Crippen LogP contribution in [-0.4, -0.2) is 6.92 Å². The largest absolute Gasteiger partial charge is 0.398 e. The van der Waals surface area contributed by atoms with E-state index in [-0.39, 0.29) is 5.94 Å². The Morgan fingerprint density at radius 3 is 2.50 bits per heavy atom. The van der Waals surface area contributed by atoms with E-state index in [9.17, 15) is 4.39 Å². The van der Waals surface area contributed by atoms with Crippen LogP contribution in [0.4, 0.5) is 4.39 Å². The number of benzene rings is 2. The van der Waals surface area contributed by atoms with Crippen LogP contribution in [0.3, 0.4) is 0 Å². The Labute approximate surface area is 106 Å². The monoisotopic (exact) mass is 241 g/mol. The molecule has 2 atom stereocenters. The molecule has 2 aromatic rings. The highest BCUT2D eigenvalue weighted by atomic mass is 19.1. The van der Waals surface area contributed by atoms with Crippen molar-refractivity contribution in [1.82, 2.24) is 0 Å². The second-order valence-electron chi connectivity index (χ2n) is 4.44. The minimum absolute atomic E-state index is 0.354. The molecular formula is C14H13BFNO. The third-order valence-corrected chi connectivity index (χ3v) is 3.32. The molecule has 2 unspecified atom stereocenters. The van der Waals surface area contributed by atoms with Gasteiger partial charge < -0.3 is 10.4 Å². The van der Waals surface area contributed by atoms with Gasteiger partial charge in [0.2, 0.25) is 6.36 Å². The zero-order valence-electron chi connectivity index (χ0n) is 9.79. The van der Waals surface area contributed by atoms with Crippen molar-refractivity contribution in [1.29, 1.82) is 0 Å². The number of halogens is 1. The molecule has 0 amide bonds. The van der Waals surface area contributed by atoms with Gasteiger partial charge in [0.05, 0.1) is 0 Å². The number of fused-ring (bicyclic) bond motifs is 1. The Kier molecular flexibility index (Phi) is 2.90. The summed E-state index contributed by atoms with van der Waals surface area (Å²) >= 11 is 0. The molecule has 0 aliphatic carbocycles. The fraction of sp³-hybridized carbons (Fsp3) is 0.143. The Balaban J connectivity index is 1.96. The van der Waals surface area contributed by atoms with Gasteiger partial charge >= 0.3 is 6.92 Å². The summed E-state index contributed by atoms with van der Waals surface area (Å²) in [5, 5.41) is 0. The Morgan fingerprint density at radius 2 is 1.72 bits per heavy atom. The van der Waals surface area contributed by atoms with E-state index in [2.05, 4.69) is 0 Å². The van der Waals surface area contributed by atoms with E-state index in [4.69, 9.17) is 10.4 Å².